The van der Waals surface area contributed by atoms with Crippen molar-refractivity contribution in [3.63, 3.8) is 0 Å². The Bertz CT molecular complexity index is 891. The van der Waals surface area contributed by atoms with Crippen molar-refractivity contribution in [1.29, 1.82) is 5.26 Å². The van der Waals surface area contributed by atoms with Gasteiger partial charge in [-0.05, 0) is 35.7 Å². The summed E-state index contributed by atoms with van der Waals surface area (Å²) in [5.74, 6) is 0.879. The summed E-state index contributed by atoms with van der Waals surface area (Å²) < 4.78 is 11.4. The third-order valence-corrected chi connectivity index (χ3v) is 4.78. The number of nitrogens with zero attached hydrogens (tertiary/aromatic N) is 1. The van der Waals surface area contributed by atoms with Crippen molar-refractivity contribution < 1.29 is 14.3 Å². The van der Waals surface area contributed by atoms with Gasteiger partial charge in [-0.2, -0.15) is 5.26 Å². The largest absolute Gasteiger partial charge is 0.493 e. The third-order valence-electron chi connectivity index (χ3n) is 4.01. The number of halogens is 1. The van der Waals surface area contributed by atoms with Crippen LogP contribution in [-0.2, 0) is 17.8 Å². The number of benzene rings is 2. The van der Waals surface area contributed by atoms with Crippen LogP contribution in [0, 0.1) is 11.3 Å². The number of rotatable bonds is 9. The predicted molar refractivity (Wildman–Crippen MR) is 111 cm³/mol. The van der Waals surface area contributed by atoms with Crippen molar-refractivity contribution in [3.8, 4) is 17.6 Å². The Morgan fingerprint density at radius 2 is 1.93 bits per heavy atom. The Hall–Kier alpha value is -2.98. The summed E-state index contributed by atoms with van der Waals surface area (Å²) >= 11 is 3.46. The number of ether oxygens (including phenoxy) is 2. The summed E-state index contributed by atoms with van der Waals surface area (Å²) in [4.78, 5) is 12.2. The molecule has 0 radical (unpaired) electrons. The van der Waals surface area contributed by atoms with Crippen molar-refractivity contribution in [2.75, 3.05) is 20.8 Å². The number of hydrogen-bond acceptors (Lipinski definition) is 5. The van der Waals surface area contributed by atoms with Crippen LogP contribution in [0.25, 0.3) is 0 Å². The fourth-order valence-electron chi connectivity index (χ4n) is 2.51. The first-order valence-electron chi connectivity index (χ1n) is 8.65. The second-order valence-corrected chi connectivity index (χ2v) is 6.69. The lowest BCUT2D eigenvalue weighted by Gasteiger charge is -2.10. The average Bonchev–Trinajstić information content (AvgIpc) is 2.72. The summed E-state index contributed by atoms with van der Waals surface area (Å²) in [5, 5.41) is 15.0. The average molecular weight is 444 g/mol. The first kappa shape index (κ1) is 21.3. The van der Waals surface area contributed by atoms with E-state index in [-0.39, 0.29) is 5.57 Å². The van der Waals surface area contributed by atoms with E-state index in [2.05, 4.69) is 26.6 Å². The maximum atomic E-state index is 12.2. The van der Waals surface area contributed by atoms with Crippen molar-refractivity contribution in [3.05, 3.63) is 69.8 Å². The second kappa shape index (κ2) is 11.0. The van der Waals surface area contributed by atoms with Crippen LogP contribution in [0.4, 0.5) is 0 Å². The minimum Gasteiger partial charge on any atom is -0.493 e. The van der Waals surface area contributed by atoms with Gasteiger partial charge in [0, 0.05) is 23.8 Å². The topological polar surface area (TPSA) is 83.4 Å². The molecule has 6 nitrogen and oxygen atoms in total. The Morgan fingerprint density at radius 1 is 1.18 bits per heavy atom. The molecule has 2 aromatic rings. The van der Waals surface area contributed by atoms with Gasteiger partial charge < -0.3 is 20.1 Å². The molecule has 0 aliphatic heterocycles. The van der Waals surface area contributed by atoms with Gasteiger partial charge in [0.1, 0.15) is 11.6 Å². The van der Waals surface area contributed by atoms with E-state index in [0.29, 0.717) is 31.0 Å². The van der Waals surface area contributed by atoms with Gasteiger partial charge in [-0.25, -0.2) is 0 Å². The number of hydrogen-bond donors (Lipinski definition) is 2. The van der Waals surface area contributed by atoms with E-state index in [1.54, 1.807) is 14.2 Å². The summed E-state index contributed by atoms with van der Waals surface area (Å²) in [5.41, 5.74) is 2.05. The highest BCUT2D eigenvalue weighted by atomic mass is 79.9. The van der Waals surface area contributed by atoms with E-state index in [9.17, 15) is 10.1 Å². The Morgan fingerprint density at radius 3 is 2.61 bits per heavy atom. The molecule has 0 saturated heterocycles. The van der Waals surface area contributed by atoms with Crippen LogP contribution in [0.5, 0.6) is 11.5 Å². The number of methoxy groups -OCH3 is 2. The van der Waals surface area contributed by atoms with Crippen molar-refractivity contribution in [2.45, 2.75) is 13.0 Å². The van der Waals surface area contributed by atoms with E-state index < -0.39 is 5.91 Å². The number of carbonyl (C=O) groups is 1. The second-order valence-electron chi connectivity index (χ2n) is 5.84. The fraction of sp³-hybridized carbons (Fsp3) is 0.238. The van der Waals surface area contributed by atoms with Crippen LogP contribution in [0.15, 0.2) is 58.7 Å². The molecule has 0 spiro atoms. The lowest BCUT2D eigenvalue weighted by molar-refractivity contribution is -0.117. The number of nitrogens with one attached hydrogen (secondary N) is 2. The number of amides is 1. The van der Waals surface area contributed by atoms with Crippen molar-refractivity contribution >= 4 is 21.8 Å². The molecule has 0 aliphatic rings. The summed E-state index contributed by atoms with van der Waals surface area (Å²) in [6, 6.07) is 15.3. The van der Waals surface area contributed by atoms with Crippen LogP contribution in [-0.4, -0.2) is 26.7 Å². The van der Waals surface area contributed by atoms with E-state index in [1.807, 2.05) is 48.5 Å². The van der Waals surface area contributed by atoms with E-state index in [4.69, 9.17) is 9.47 Å². The molecular formula is C21H22BrN3O3. The van der Waals surface area contributed by atoms with Crippen molar-refractivity contribution in [2.24, 2.45) is 0 Å². The molecule has 2 rings (SSSR count). The Balaban J connectivity index is 1.86. The van der Waals surface area contributed by atoms with Crippen LogP contribution in [0.1, 0.15) is 11.1 Å². The zero-order valence-electron chi connectivity index (χ0n) is 15.8. The highest BCUT2D eigenvalue weighted by Crippen LogP contribution is 2.27. The maximum absolute atomic E-state index is 12.2. The quantitative estimate of drug-likeness (QED) is 0.458. The van der Waals surface area contributed by atoms with Gasteiger partial charge in [0.15, 0.2) is 11.5 Å². The highest BCUT2D eigenvalue weighted by Gasteiger charge is 2.09. The van der Waals surface area contributed by atoms with Gasteiger partial charge >= 0.3 is 0 Å². The normalized spacial score (nSPS) is 10.7. The molecule has 0 aromatic heterocycles. The summed E-state index contributed by atoms with van der Waals surface area (Å²) in [6.45, 7) is 0.906. The zero-order valence-corrected chi connectivity index (χ0v) is 17.4. The molecule has 0 aliphatic carbocycles. The third kappa shape index (κ3) is 6.03. The van der Waals surface area contributed by atoms with E-state index >= 15 is 0 Å². The minimum atomic E-state index is -0.414. The lowest BCUT2D eigenvalue weighted by atomic mass is 10.1. The molecular weight excluding hydrogens is 422 g/mol. The van der Waals surface area contributed by atoms with Crippen LogP contribution >= 0.6 is 15.9 Å². The molecule has 1 amide bonds. The minimum absolute atomic E-state index is 0.0272. The Kier molecular flexibility index (Phi) is 8.37. The molecule has 0 unspecified atom stereocenters. The van der Waals surface area contributed by atoms with Gasteiger partial charge in [0.25, 0.3) is 5.91 Å². The summed E-state index contributed by atoms with van der Waals surface area (Å²) in [6.07, 6.45) is 2.04. The van der Waals surface area contributed by atoms with Crippen LogP contribution in [0.3, 0.4) is 0 Å². The maximum Gasteiger partial charge on any atom is 0.263 e. The summed E-state index contributed by atoms with van der Waals surface area (Å²) in [7, 11) is 3.16. The predicted octanol–water partition coefficient (Wildman–Crippen LogP) is 3.32. The number of nitriles is 1. The monoisotopic (exact) mass is 443 g/mol. The molecule has 7 heteroatoms. The SMILES string of the molecule is COc1ccc(CCNC(=O)/C(C#N)=C\NCc2ccccc2Br)cc1OC. The molecule has 2 aromatic carbocycles. The van der Waals surface area contributed by atoms with Crippen molar-refractivity contribution in [1.82, 2.24) is 10.6 Å². The molecule has 0 fully saturated rings. The standard InChI is InChI=1S/C21H22BrN3O3/c1-27-19-8-7-15(11-20(19)28-2)9-10-25-21(26)17(12-23)14-24-13-16-5-3-4-6-18(16)22/h3-8,11,14,24H,9-10,13H2,1-2H3,(H,25,26)/b17-14-. The molecule has 2 N–H and O–H groups in total. The van der Waals surface area contributed by atoms with Gasteiger partial charge in [-0.15, -0.1) is 0 Å². The molecule has 0 heterocycles. The van der Waals surface area contributed by atoms with Crippen LogP contribution in [0.2, 0.25) is 0 Å². The number of carbonyl (C=O) groups excluding carboxylic acids is 1. The molecule has 0 atom stereocenters. The highest BCUT2D eigenvalue weighted by molar-refractivity contribution is 9.10. The molecule has 0 saturated carbocycles. The molecule has 146 valence electrons. The first-order valence-corrected chi connectivity index (χ1v) is 9.44. The smallest absolute Gasteiger partial charge is 0.263 e. The van der Waals surface area contributed by atoms with Gasteiger partial charge in [-0.3, -0.25) is 4.79 Å². The first-order chi connectivity index (χ1) is 13.6. The van der Waals surface area contributed by atoms with Crippen LogP contribution < -0.4 is 20.1 Å². The zero-order chi connectivity index (χ0) is 20.4. The van der Waals surface area contributed by atoms with E-state index in [0.717, 1.165) is 15.6 Å². The Labute approximate surface area is 173 Å². The van der Waals surface area contributed by atoms with Gasteiger partial charge in [0.05, 0.1) is 14.2 Å². The molecule has 0 bridgehead atoms. The molecule has 28 heavy (non-hydrogen) atoms. The lowest BCUT2D eigenvalue weighted by Crippen LogP contribution is -2.27. The fourth-order valence-corrected chi connectivity index (χ4v) is 2.93. The van der Waals surface area contributed by atoms with Gasteiger partial charge in [-0.1, -0.05) is 40.2 Å². The van der Waals surface area contributed by atoms with E-state index in [1.165, 1.54) is 6.20 Å². The van der Waals surface area contributed by atoms with Gasteiger partial charge in [0.2, 0.25) is 0 Å².